The third kappa shape index (κ3) is 3.63. The Morgan fingerprint density at radius 3 is 1.27 bits per heavy atom. The number of hydrogen-bond donors (Lipinski definition) is 2. The fourth-order valence-electron chi connectivity index (χ4n) is 6.12. The van der Waals surface area contributed by atoms with Gasteiger partial charge in [-0.15, -0.1) is 0 Å². The predicted octanol–water partition coefficient (Wildman–Crippen LogP) is 5.71. The van der Waals surface area contributed by atoms with E-state index in [9.17, 15) is 10.2 Å². The summed E-state index contributed by atoms with van der Waals surface area (Å²) in [4.78, 5) is 0. The second-order valence-corrected chi connectivity index (χ2v) is 11.8. The first kappa shape index (κ1) is 21.6. The number of benzene rings is 2. The van der Waals surface area contributed by atoms with Gasteiger partial charge in [0.1, 0.15) is 0 Å². The molecule has 30 heavy (non-hydrogen) atoms. The molecule has 2 aromatic rings. The highest BCUT2D eigenvalue weighted by Crippen LogP contribution is 2.54. The van der Waals surface area contributed by atoms with E-state index in [1.807, 2.05) is 0 Å². The van der Waals surface area contributed by atoms with Crippen LogP contribution in [0.4, 0.5) is 0 Å². The molecule has 162 valence electrons. The molecule has 2 aliphatic rings. The Kier molecular flexibility index (Phi) is 5.39. The van der Waals surface area contributed by atoms with E-state index < -0.39 is 12.2 Å². The molecular formula is C28H38O2. The van der Waals surface area contributed by atoms with Crippen molar-refractivity contribution in [2.45, 2.75) is 78.4 Å². The Labute approximate surface area is 182 Å². The average Bonchev–Trinajstić information content (AvgIpc) is 2.66. The van der Waals surface area contributed by atoms with Crippen molar-refractivity contribution < 1.29 is 10.2 Å². The molecule has 0 heterocycles. The van der Waals surface area contributed by atoms with E-state index in [1.54, 1.807) is 0 Å². The zero-order valence-corrected chi connectivity index (χ0v) is 19.4. The molecule has 2 heteroatoms. The standard InChI is InChI=1S/C28H38O2/c1-27(2,3)21-15-17-11-7-9-13-19(17)23(25(21)29)24-20-14-10-8-12-18(20)16-22(26(24)30)28(4,5)6/h7-14,21-26,29-30H,15-16H2,1-6H3/t21-,22?,23?,24?,25-,26?/m0/s1. The smallest absolute Gasteiger partial charge is 0.0652 e. The Bertz CT molecular complexity index is 826. The van der Waals surface area contributed by atoms with E-state index in [0.29, 0.717) is 0 Å². The van der Waals surface area contributed by atoms with E-state index in [1.165, 1.54) is 22.3 Å². The number of aliphatic hydroxyl groups is 2. The largest absolute Gasteiger partial charge is 0.392 e. The van der Waals surface area contributed by atoms with E-state index >= 15 is 0 Å². The summed E-state index contributed by atoms with van der Waals surface area (Å²) in [6.07, 6.45) is 0.826. The molecule has 2 aliphatic carbocycles. The van der Waals surface area contributed by atoms with Crippen LogP contribution in [0.5, 0.6) is 0 Å². The minimum Gasteiger partial charge on any atom is -0.392 e. The van der Waals surface area contributed by atoms with Gasteiger partial charge in [-0.25, -0.2) is 0 Å². The van der Waals surface area contributed by atoms with Crippen molar-refractivity contribution in [3.8, 4) is 0 Å². The molecule has 0 radical (unpaired) electrons. The van der Waals surface area contributed by atoms with Gasteiger partial charge in [0.05, 0.1) is 12.2 Å². The second kappa shape index (κ2) is 7.50. The van der Waals surface area contributed by atoms with Gasteiger partial charge in [-0.2, -0.15) is 0 Å². The molecule has 0 bridgehead atoms. The minimum atomic E-state index is -0.480. The molecule has 0 aromatic heterocycles. The van der Waals surface area contributed by atoms with E-state index in [4.69, 9.17) is 0 Å². The summed E-state index contributed by atoms with van der Waals surface area (Å²) in [5.41, 5.74) is 5.09. The quantitative estimate of drug-likeness (QED) is 0.636. The van der Waals surface area contributed by atoms with E-state index in [-0.39, 0.29) is 34.5 Å². The zero-order chi connectivity index (χ0) is 21.8. The molecule has 4 unspecified atom stereocenters. The van der Waals surface area contributed by atoms with Crippen molar-refractivity contribution in [2.24, 2.45) is 22.7 Å². The maximum Gasteiger partial charge on any atom is 0.0652 e. The van der Waals surface area contributed by atoms with Gasteiger partial charge >= 0.3 is 0 Å². The van der Waals surface area contributed by atoms with Crippen LogP contribution in [-0.2, 0) is 12.8 Å². The van der Waals surface area contributed by atoms with Crippen molar-refractivity contribution in [3.63, 3.8) is 0 Å². The Hall–Kier alpha value is -1.64. The lowest BCUT2D eigenvalue weighted by atomic mass is 9.56. The predicted molar refractivity (Wildman–Crippen MR) is 124 cm³/mol. The topological polar surface area (TPSA) is 40.5 Å². The van der Waals surface area contributed by atoms with Gasteiger partial charge in [0.15, 0.2) is 0 Å². The van der Waals surface area contributed by atoms with Crippen molar-refractivity contribution in [1.82, 2.24) is 0 Å². The lowest BCUT2D eigenvalue weighted by Gasteiger charge is -2.51. The molecule has 0 amide bonds. The van der Waals surface area contributed by atoms with E-state index in [0.717, 1.165) is 12.8 Å². The van der Waals surface area contributed by atoms with Crippen LogP contribution in [0, 0.1) is 22.7 Å². The highest BCUT2D eigenvalue weighted by atomic mass is 16.3. The van der Waals surface area contributed by atoms with Gasteiger partial charge in [-0.3, -0.25) is 0 Å². The Morgan fingerprint density at radius 2 is 0.933 bits per heavy atom. The summed E-state index contributed by atoms with van der Waals surface area (Å²) in [5.74, 6) is 0.125. The molecule has 0 aliphatic heterocycles. The maximum absolute atomic E-state index is 11.8. The second-order valence-electron chi connectivity index (χ2n) is 11.8. The third-order valence-electron chi connectivity index (χ3n) is 7.88. The number of rotatable bonds is 1. The first-order chi connectivity index (χ1) is 14.0. The summed E-state index contributed by atoms with van der Waals surface area (Å²) in [6, 6.07) is 17.2. The molecule has 4 rings (SSSR count). The van der Waals surface area contributed by atoms with Crippen molar-refractivity contribution in [3.05, 3.63) is 70.8 Å². The summed E-state index contributed by atoms with van der Waals surface area (Å²) >= 11 is 0. The Balaban J connectivity index is 1.90. The van der Waals surface area contributed by atoms with Crippen LogP contribution in [0.1, 0.15) is 75.6 Å². The molecule has 6 atom stereocenters. The van der Waals surface area contributed by atoms with Crippen LogP contribution < -0.4 is 0 Å². The summed E-state index contributed by atoms with van der Waals surface area (Å²) in [5, 5.41) is 23.6. The first-order valence-corrected chi connectivity index (χ1v) is 11.5. The lowest BCUT2D eigenvalue weighted by Crippen LogP contribution is -2.49. The van der Waals surface area contributed by atoms with Gasteiger partial charge in [-0.05, 0) is 57.8 Å². The van der Waals surface area contributed by atoms with Crippen LogP contribution in [0.15, 0.2) is 48.5 Å². The molecule has 0 fully saturated rings. The minimum absolute atomic E-state index is 0.00619. The average molecular weight is 407 g/mol. The van der Waals surface area contributed by atoms with Gasteiger partial charge in [0.2, 0.25) is 0 Å². The summed E-state index contributed by atoms with van der Waals surface area (Å²) in [6.45, 7) is 13.4. The van der Waals surface area contributed by atoms with Crippen LogP contribution in [-0.4, -0.2) is 22.4 Å². The Morgan fingerprint density at radius 1 is 0.600 bits per heavy atom. The SMILES string of the molecule is CC(C)(C)C1Cc2ccccc2C(C2c3ccccc3C[C@H](C(C)(C)C)[C@@H]2O)C1O. The first-order valence-electron chi connectivity index (χ1n) is 11.5. The molecule has 0 saturated carbocycles. The number of fused-ring (bicyclic) bond motifs is 2. The lowest BCUT2D eigenvalue weighted by molar-refractivity contribution is -0.0394. The van der Waals surface area contributed by atoms with Crippen molar-refractivity contribution in [1.29, 1.82) is 0 Å². The number of hydrogen-bond acceptors (Lipinski definition) is 2. The van der Waals surface area contributed by atoms with Gasteiger partial charge in [0.25, 0.3) is 0 Å². The van der Waals surface area contributed by atoms with Crippen molar-refractivity contribution >= 4 is 0 Å². The highest BCUT2D eigenvalue weighted by molar-refractivity contribution is 5.43. The van der Waals surface area contributed by atoms with Gasteiger partial charge in [-0.1, -0.05) is 90.1 Å². The fraction of sp³-hybridized carbons (Fsp3) is 0.571. The maximum atomic E-state index is 11.8. The fourth-order valence-corrected chi connectivity index (χ4v) is 6.12. The monoisotopic (exact) mass is 406 g/mol. The molecule has 2 nitrogen and oxygen atoms in total. The number of aliphatic hydroxyl groups excluding tert-OH is 2. The van der Waals surface area contributed by atoms with Gasteiger partial charge in [0, 0.05) is 11.8 Å². The normalized spacial score (nSPS) is 31.7. The molecular weight excluding hydrogens is 368 g/mol. The molecule has 0 spiro atoms. The molecule has 2 aromatic carbocycles. The summed E-state index contributed by atoms with van der Waals surface area (Å²) < 4.78 is 0. The van der Waals surface area contributed by atoms with Gasteiger partial charge < -0.3 is 10.2 Å². The van der Waals surface area contributed by atoms with Crippen LogP contribution >= 0.6 is 0 Å². The van der Waals surface area contributed by atoms with Crippen LogP contribution in [0.3, 0.4) is 0 Å². The van der Waals surface area contributed by atoms with E-state index in [2.05, 4.69) is 90.1 Å². The molecule has 0 saturated heterocycles. The third-order valence-corrected chi connectivity index (χ3v) is 7.88. The molecule has 2 N–H and O–H groups in total. The van der Waals surface area contributed by atoms with Crippen LogP contribution in [0.25, 0.3) is 0 Å². The highest BCUT2D eigenvalue weighted by Gasteiger charge is 2.50. The summed E-state index contributed by atoms with van der Waals surface area (Å²) in [7, 11) is 0. The van der Waals surface area contributed by atoms with Crippen LogP contribution in [0.2, 0.25) is 0 Å². The van der Waals surface area contributed by atoms with Crippen molar-refractivity contribution in [2.75, 3.05) is 0 Å². The zero-order valence-electron chi connectivity index (χ0n) is 19.4.